The molecule has 0 saturated carbocycles. The molecule has 0 aliphatic carbocycles. The smallest absolute Gasteiger partial charge is 0.336 e. The molecule has 8 nitrogen and oxygen atoms in total. The summed E-state index contributed by atoms with van der Waals surface area (Å²) in [6.45, 7) is 3.09. The predicted octanol–water partition coefficient (Wildman–Crippen LogP) is 5.06. The van der Waals surface area contributed by atoms with Crippen LogP contribution in [0.3, 0.4) is 0 Å². The van der Waals surface area contributed by atoms with E-state index in [1.807, 2.05) is 30.3 Å². The standard InChI is InChI=1S/C26H21N3O5S/c27-12-22-21(18-5-8-33-13-18)11-24(17-1-3-20(4-2-17)29-6-9-32-10-7-29)28-25(22)34-14-19-15-35-16-23(19)26(30)31/h1-5,8,11,13,15-16H,6-7,9-10,14H2,(H,30,31). The molecule has 0 atom stereocenters. The molecule has 1 aromatic carbocycles. The summed E-state index contributed by atoms with van der Waals surface area (Å²) in [7, 11) is 0. The Bertz CT molecular complexity index is 1370. The van der Waals surface area contributed by atoms with E-state index in [9.17, 15) is 15.2 Å². The van der Waals surface area contributed by atoms with Crippen molar-refractivity contribution in [1.82, 2.24) is 4.98 Å². The predicted molar refractivity (Wildman–Crippen MR) is 131 cm³/mol. The van der Waals surface area contributed by atoms with E-state index < -0.39 is 5.97 Å². The fourth-order valence-corrected chi connectivity index (χ4v) is 4.78. The van der Waals surface area contributed by atoms with Crippen LogP contribution >= 0.6 is 11.3 Å². The minimum Gasteiger partial charge on any atom is -0.478 e. The lowest BCUT2D eigenvalue weighted by molar-refractivity contribution is 0.0694. The maximum absolute atomic E-state index is 11.5. The highest BCUT2D eigenvalue weighted by Crippen LogP contribution is 2.35. The van der Waals surface area contributed by atoms with E-state index in [2.05, 4.69) is 16.0 Å². The molecule has 35 heavy (non-hydrogen) atoms. The molecule has 0 radical (unpaired) electrons. The third kappa shape index (κ3) is 4.75. The molecule has 3 aromatic heterocycles. The van der Waals surface area contributed by atoms with Gasteiger partial charge in [0, 0.05) is 46.4 Å². The van der Waals surface area contributed by atoms with Crippen molar-refractivity contribution >= 4 is 23.0 Å². The molecule has 0 bridgehead atoms. The number of furan rings is 1. The van der Waals surface area contributed by atoms with E-state index >= 15 is 0 Å². The normalized spacial score (nSPS) is 13.4. The third-order valence-corrected chi connectivity index (χ3v) is 6.60. The highest BCUT2D eigenvalue weighted by molar-refractivity contribution is 7.08. The first-order chi connectivity index (χ1) is 17.1. The highest BCUT2D eigenvalue weighted by atomic mass is 32.1. The molecule has 4 heterocycles. The van der Waals surface area contributed by atoms with Gasteiger partial charge in [-0.25, -0.2) is 9.78 Å². The lowest BCUT2D eigenvalue weighted by Gasteiger charge is -2.28. The molecule has 0 spiro atoms. The van der Waals surface area contributed by atoms with Crippen LogP contribution in [0.15, 0.2) is 64.1 Å². The first-order valence-corrected chi connectivity index (χ1v) is 11.9. The van der Waals surface area contributed by atoms with Crippen LogP contribution in [0.1, 0.15) is 21.5 Å². The van der Waals surface area contributed by atoms with Crippen molar-refractivity contribution in [2.45, 2.75) is 6.61 Å². The molecule has 176 valence electrons. The Labute approximate surface area is 205 Å². The van der Waals surface area contributed by atoms with Crippen LogP contribution in [0.5, 0.6) is 5.88 Å². The van der Waals surface area contributed by atoms with Gasteiger partial charge in [0.15, 0.2) is 0 Å². The fourth-order valence-electron chi connectivity index (χ4n) is 3.96. The molecule has 1 aliphatic heterocycles. The van der Waals surface area contributed by atoms with Crippen molar-refractivity contribution in [2.75, 3.05) is 31.2 Å². The molecular formula is C26H21N3O5S. The number of pyridine rings is 1. The van der Waals surface area contributed by atoms with Crippen LogP contribution < -0.4 is 9.64 Å². The number of nitriles is 1. The van der Waals surface area contributed by atoms with Crippen molar-refractivity contribution in [1.29, 1.82) is 5.26 Å². The maximum atomic E-state index is 11.5. The quantitative estimate of drug-likeness (QED) is 0.386. The van der Waals surface area contributed by atoms with E-state index in [1.165, 1.54) is 11.3 Å². The summed E-state index contributed by atoms with van der Waals surface area (Å²) < 4.78 is 16.6. The zero-order valence-electron chi connectivity index (χ0n) is 18.6. The van der Waals surface area contributed by atoms with E-state index in [4.69, 9.17) is 13.9 Å². The average Bonchev–Trinajstić information content (AvgIpc) is 3.60. The molecule has 1 aliphatic rings. The lowest BCUT2D eigenvalue weighted by atomic mass is 10.0. The number of hydrogen-bond donors (Lipinski definition) is 1. The van der Waals surface area contributed by atoms with Crippen molar-refractivity contribution in [3.05, 3.63) is 76.4 Å². The van der Waals surface area contributed by atoms with Gasteiger partial charge in [-0.05, 0) is 29.6 Å². The van der Waals surface area contributed by atoms with Crippen LogP contribution in [0, 0.1) is 11.3 Å². The number of thiophene rings is 1. The van der Waals surface area contributed by atoms with E-state index in [0.29, 0.717) is 30.0 Å². The SMILES string of the molecule is N#Cc1c(-c2ccoc2)cc(-c2ccc(N3CCOCC3)cc2)nc1OCc1cscc1C(=O)O. The molecule has 1 saturated heterocycles. The van der Waals surface area contributed by atoms with E-state index in [-0.39, 0.29) is 23.6 Å². The van der Waals surface area contributed by atoms with Gasteiger partial charge in [0.1, 0.15) is 18.2 Å². The lowest BCUT2D eigenvalue weighted by Crippen LogP contribution is -2.36. The Morgan fingerprint density at radius 1 is 1.17 bits per heavy atom. The van der Waals surface area contributed by atoms with Gasteiger partial charge >= 0.3 is 5.97 Å². The topological polar surface area (TPSA) is 109 Å². The summed E-state index contributed by atoms with van der Waals surface area (Å²) >= 11 is 1.28. The van der Waals surface area contributed by atoms with E-state index in [0.717, 1.165) is 29.9 Å². The summed E-state index contributed by atoms with van der Waals surface area (Å²) in [5, 5.41) is 22.6. The van der Waals surface area contributed by atoms with Gasteiger partial charge in [0.2, 0.25) is 5.88 Å². The number of nitrogens with zero attached hydrogens (tertiary/aromatic N) is 3. The Balaban J connectivity index is 1.51. The van der Waals surface area contributed by atoms with Crippen molar-refractivity contribution in [3.63, 3.8) is 0 Å². The van der Waals surface area contributed by atoms with Gasteiger partial charge in [-0.15, -0.1) is 0 Å². The number of benzene rings is 1. The van der Waals surface area contributed by atoms with Gasteiger partial charge in [0.25, 0.3) is 0 Å². The van der Waals surface area contributed by atoms with Gasteiger partial charge in [-0.2, -0.15) is 16.6 Å². The number of hydrogen-bond acceptors (Lipinski definition) is 8. The second kappa shape index (κ2) is 10.0. The number of morpholine rings is 1. The van der Waals surface area contributed by atoms with Gasteiger partial charge in [-0.3, -0.25) is 0 Å². The van der Waals surface area contributed by atoms with Crippen LogP contribution in [0.4, 0.5) is 5.69 Å². The van der Waals surface area contributed by atoms with Crippen LogP contribution in [0.25, 0.3) is 22.4 Å². The molecule has 0 unspecified atom stereocenters. The molecule has 4 aromatic rings. The van der Waals surface area contributed by atoms with Gasteiger partial charge in [-0.1, -0.05) is 12.1 Å². The molecule has 1 N–H and O–H groups in total. The maximum Gasteiger partial charge on any atom is 0.336 e. The third-order valence-electron chi connectivity index (χ3n) is 5.81. The van der Waals surface area contributed by atoms with Gasteiger partial charge < -0.3 is 23.9 Å². The van der Waals surface area contributed by atoms with E-state index in [1.54, 1.807) is 29.4 Å². The average molecular weight is 488 g/mol. The number of ether oxygens (including phenoxy) is 2. The second-order valence-electron chi connectivity index (χ2n) is 7.91. The Hall–Kier alpha value is -4.13. The largest absolute Gasteiger partial charge is 0.478 e. The van der Waals surface area contributed by atoms with Crippen LogP contribution in [-0.2, 0) is 11.3 Å². The first-order valence-electron chi connectivity index (χ1n) is 11.0. The number of anilines is 1. The highest BCUT2D eigenvalue weighted by Gasteiger charge is 2.19. The number of aromatic carboxylic acids is 1. The first kappa shape index (κ1) is 22.7. The summed E-state index contributed by atoms with van der Waals surface area (Å²) in [5.74, 6) is -0.882. The van der Waals surface area contributed by atoms with Crippen molar-refractivity contribution < 1.29 is 23.8 Å². The Morgan fingerprint density at radius 3 is 2.66 bits per heavy atom. The molecule has 9 heteroatoms. The van der Waals surface area contributed by atoms with Crippen LogP contribution in [0.2, 0.25) is 0 Å². The number of carboxylic acid groups (broad SMARTS) is 1. The summed E-state index contributed by atoms with van der Waals surface area (Å²) in [6.07, 6.45) is 3.10. The zero-order valence-corrected chi connectivity index (χ0v) is 19.5. The molecule has 5 rings (SSSR count). The molecular weight excluding hydrogens is 466 g/mol. The Morgan fingerprint density at radius 2 is 1.97 bits per heavy atom. The monoisotopic (exact) mass is 487 g/mol. The van der Waals surface area contributed by atoms with Gasteiger partial charge in [0.05, 0.1) is 37.0 Å². The number of carboxylic acids is 1. The van der Waals surface area contributed by atoms with Crippen LogP contribution in [-0.4, -0.2) is 42.4 Å². The fraction of sp³-hybridized carbons (Fsp3) is 0.192. The molecule has 1 fully saturated rings. The zero-order chi connectivity index (χ0) is 24.2. The van der Waals surface area contributed by atoms with Crippen molar-refractivity contribution in [3.8, 4) is 34.3 Å². The number of aromatic nitrogens is 1. The summed E-state index contributed by atoms with van der Waals surface area (Å²) in [4.78, 5) is 18.4. The number of rotatable bonds is 7. The second-order valence-corrected chi connectivity index (χ2v) is 8.65. The molecule has 0 amide bonds. The summed E-state index contributed by atoms with van der Waals surface area (Å²) in [5.41, 5.74) is 4.92. The number of carbonyl (C=O) groups is 1. The Kier molecular flexibility index (Phi) is 6.48. The minimum atomic E-state index is -1.02. The van der Waals surface area contributed by atoms with Crippen molar-refractivity contribution in [2.24, 2.45) is 0 Å². The minimum absolute atomic E-state index is 0.0168. The summed E-state index contributed by atoms with van der Waals surface area (Å²) in [6, 6.07) is 13.9.